The van der Waals surface area contributed by atoms with Crippen molar-refractivity contribution in [3.8, 4) is 0 Å². The smallest absolute Gasteiger partial charge is 0.123 e. The maximum atomic E-state index is 13.2. The summed E-state index contributed by atoms with van der Waals surface area (Å²) in [5.74, 6) is 0.561. The van der Waals surface area contributed by atoms with Crippen LogP contribution in [0.2, 0.25) is 0 Å². The first-order valence-corrected chi connectivity index (χ1v) is 6.81. The van der Waals surface area contributed by atoms with Gasteiger partial charge in [0.1, 0.15) is 10.8 Å². The summed E-state index contributed by atoms with van der Waals surface area (Å²) in [6, 6.07) is 4.70. The fourth-order valence-electron chi connectivity index (χ4n) is 2.13. The summed E-state index contributed by atoms with van der Waals surface area (Å²) >= 11 is 4.99. The first-order chi connectivity index (χ1) is 8.60. The summed E-state index contributed by atoms with van der Waals surface area (Å²) in [5, 5.41) is 0. The molecule has 0 unspecified atom stereocenters. The molecule has 2 nitrogen and oxygen atoms in total. The third kappa shape index (κ3) is 3.50. The Balaban J connectivity index is 2.13. The number of hydrogen-bond donors (Lipinski definition) is 1. The standard InChI is InChI=1S/C14H19FN2S/c1-2-17(8-10-3-4-10)9-11-5-6-12(15)7-13(11)14(16)18/h5-7,10H,2-4,8-9H2,1H3,(H2,16,18). The van der Waals surface area contributed by atoms with Gasteiger partial charge in [0.05, 0.1) is 0 Å². The maximum absolute atomic E-state index is 13.2. The molecule has 0 saturated heterocycles. The van der Waals surface area contributed by atoms with Crippen molar-refractivity contribution in [1.82, 2.24) is 4.90 Å². The van der Waals surface area contributed by atoms with Crippen molar-refractivity contribution in [2.24, 2.45) is 11.7 Å². The minimum Gasteiger partial charge on any atom is -0.389 e. The first-order valence-electron chi connectivity index (χ1n) is 6.40. The summed E-state index contributed by atoms with van der Waals surface area (Å²) in [6.45, 7) is 5.04. The molecule has 2 N–H and O–H groups in total. The molecule has 0 spiro atoms. The van der Waals surface area contributed by atoms with E-state index in [-0.39, 0.29) is 10.8 Å². The highest BCUT2D eigenvalue weighted by molar-refractivity contribution is 7.80. The van der Waals surface area contributed by atoms with Crippen molar-refractivity contribution in [1.29, 1.82) is 0 Å². The Kier molecular flexibility index (Phi) is 4.30. The number of rotatable bonds is 6. The molecule has 1 aromatic rings. The van der Waals surface area contributed by atoms with Crippen LogP contribution in [-0.2, 0) is 6.54 Å². The third-order valence-corrected chi connectivity index (χ3v) is 3.61. The van der Waals surface area contributed by atoms with Crippen molar-refractivity contribution < 1.29 is 4.39 Å². The van der Waals surface area contributed by atoms with Crippen molar-refractivity contribution >= 4 is 17.2 Å². The fourth-order valence-corrected chi connectivity index (χ4v) is 2.32. The van der Waals surface area contributed by atoms with Crippen LogP contribution in [0, 0.1) is 11.7 Å². The normalized spacial score (nSPS) is 15.1. The summed E-state index contributed by atoms with van der Waals surface area (Å²) in [5.41, 5.74) is 7.35. The Morgan fingerprint density at radius 2 is 2.22 bits per heavy atom. The number of nitrogens with two attached hydrogens (primary N) is 1. The quantitative estimate of drug-likeness (QED) is 0.803. The van der Waals surface area contributed by atoms with Gasteiger partial charge in [0.15, 0.2) is 0 Å². The lowest BCUT2D eigenvalue weighted by Gasteiger charge is -2.21. The van der Waals surface area contributed by atoms with Crippen molar-refractivity contribution in [3.05, 3.63) is 35.1 Å². The monoisotopic (exact) mass is 266 g/mol. The van der Waals surface area contributed by atoms with E-state index in [9.17, 15) is 4.39 Å². The Bertz CT molecular complexity index is 443. The molecule has 0 aromatic heterocycles. The van der Waals surface area contributed by atoms with Gasteiger partial charge < -0.3 is 5.73 Å². The zero-order valence-electron chi connectivity index (χ0n) is 10.7. The molecule has 1 saturated carbocycles. The molecular formula is C14H19FN2S. The van der Waals surface area contributed by atoms with Crippen molar-refractivity contribution in [2.75, 3.05) is 13.1 Å². The number of thiocarbonyl (C=S) groups is 1. The van der Waals surface area contributed by atoms with Gasteiger partial charge in [0.2, 0.25) is 0 Å². The molecule has 4 heteroatoms. The van der Waals surface area contributed by atoms with Crippen molar-refractivity contribution in [3.63, 3.8) is 0 Å². The molecule has 0 bridgehead atoms. The second-order valence-corrected chi connectivity index (χ2v) is 5.38. The minimum absolute atomic E-state index is 0.270. The molecule has 1 fully saturated rings. The first kappa shape index (κ1) is 13.4. The van der Waals surface area contributed by atoms with Crippen LogP contribution < -0.4 is 5.73 Å². The van der Waals surface area contributed by atoms with Crippen LogP contribution in [0.5, 0.6) is 0 Å². The fraction of sp³-hybridized carbons (Fsp3) is 0.500. The largest absolute Gasteiger partial charge is 0.389 e. The average Bonchev–Trinajstić information content (AvgIpc) is 3.14. The molecule has 0 amide bonds. The molecule has 98 valence electrons. The van der Waals surface area contributed by atoms with Crippen LogP contribution in [0.3, 0.4) is 0 Å². The van der Waals surface area contributed by atoms with E-state index in [0.717, 1.165) is 31.1 Å². The van der Waals surface area contributed by atoms with E-state index in [1.165, 1.54) is 25.0 Å². The summed E-state index contributed by atoms with van der Waals surface area (Å²) in [6.07, 6.45) is 2.67. The molecular weight excluding hydrogens is 247 g/mol. The van der Waals surface area contributed by atoms with Gasteiger partial charge in [-0.2, -0.15) is 0 Å². The predicted molar refractivity (Wildman–Crippen MR) is 76.0 cm³/mol. The Hall–Kier alpha value is -1.00. The number of hydrogen-bond acceptors (Lipinski definition) is 2. The molecule has 0 atom stereocenters. The van der Waals surface area contributed by atoms with Crippen molar-refractivity contribution in [2.45, 2.75) is 26.3 Å². The minimum atomic E-state index is -0.285. The molecule has 0 heterocycles. The van der Waals surface area contributed by atoms with Crippen LogP contribution in [-0.4, -0.2) is 23.0 Å². The second-order valence-electron chi connectivity index (χ2n) is 4.94. The van der Waals surface area contributed by atoms with E-state index in [1.54, 1.807) is 6.07 Å². The molecule has 1 aliphatic carbocycles. The Morgan fingerprint density at radius 1 is 1.50 bits per heavy atom. The zero-order valence-corrected chi connectivity index (χ0v) is 11.5. The van der Waals surface area contributed by atoms with E-state index in [1.807, 2.05) is 0 Å². The SMILES string of the molecule is CCN(Cc1ccc(F)cc1C(N)=S)CC1CC1. The van der Waals surface area contributed by atoms with Crippen LogP contribution in [0.1, 0.15) is 30.9 Å². The molecule has 18 heavy (non-hydrogen) atoms. The van der Waals surface area contributed by atoms with Gasteiger partial charge in [0, 0.05) is 18.7 Å². The molecule has 1 aromatic carbocycles. The lowest BCUT2D eigenvalue weighted by Crippen LogP contribution is -2.26. The average molecular weight is 266 g/mol. The van der Waals surface area contributed by atoms with E-state index < -0.39 is 0 Å². The second kappa shape index (κ2) is 5.76. The molecule has 0 aliphatic heterocycles. The van der Waals surface area contributed by atoms with Crippen LogP contribution in [0.15, 0.2) is 18.2 Å². The van der Waals surface area contributed by atoms with Gasteiger partial charge in [-0.05, 0) is 43.0 Å². The van der Waals surface area contributed by atoms with Gasteiger partial charge in [-0.3, -0.25) is 4.90 Å². The van der Waals surface area contributed by atoms with Gasteiger partial charge in [-0.25, -0.2) is 4.39 Å². The maximum Gasteiger partial charge on any atom is 0.123 e. The van der Waals surface area contributed by atoms with Gasteiger partial charge in [-0.1, -0.05) is 25.2 Å². The number of nitrogens with zero attached hydrogens (tertiary/aromatic N) is 1. The van der Waals surface area contributed by atoms with E-state index in [0.29, 0.717) is 5.56 Å². The van der Waals surface area contributed by atoms with Crippen LogP contribution >= 0.6 is 12.2 Å². The van der Waals surface area contributed by atoms with E-state index in [2.05, 4.69) is 11.8 Å². The zero-order chi connectivity index (χ0) is 13.1. The van der Waals surface area contributed by atoms with Gasteiger partial charge >= 0.3 is 0 Å². The third-order valence-electron chi connectivity index (χ3n) is 3.39. The summed E-state index contributed by atoms with van der Waals surface area (Å²) in [4.78, 5) is 2.64. The van der Waals surface area contributed by atoms with Gasteiger partial charge in [-0.15, -0.1) is 0 Å². The van der Waals surface area contributed by atoms with E-state index in [4.69, 9.17) is 18.0 Å². The summed E-state index contributed by atoms with van der Waals surface area (Å²) < 4.78 is 13.2. The lowest BCUT2D eigenvalue weighted by molar-refractivity contribution is 0.268. The number of benzene rings is 1. The number of halogens is 1. The van der Waals surface area contributed by atoms with Gasteiger partial charge in [0.25, 0.3) is 0 Å². The Morgan fingerprint density at radius 3 is 2.78 bits per heavy atom. The highest BCUT2D eigenvalue weighted by Crippen LogP contribution is 2.30. The molecule has 2 rings (SSSR count). The summed E-state index contributed by atoms with van der Waals surface area (Å²) in [7, 11) is 0. The Labute approximate surface area is 113 Å². The highest BCUT2D eigenvalue weighted by atomic mass is 32.1. The predicted octanol–water partition coefficient (Wildman–Crippen LogP) is 2.69. The topological polar surface area (TPSA) is 29.3 Å². The molecule has 1 aliphatic rings. The van der Waals surface area contributed by atoms with Crippen LogP contribution in [0.4, 0.5) is 4.39 Å². The van der Waals surface area contributed by atoms with Crippen LogP contribution in [0.25, 0.3) is 0 Å². The van der Waals surface area contributed by atoms with E-state index >= 15 is 0 Å². The lowest BCUT2D eigenvalue weighted by atomic mass is 10.1. The highest BCUT2D eigenvalue weighted by Gasteiger charge is 2.24. The molecule has 0 radical (unpaired) electrons.